The van der Waals surface area contributed by atoms with Crippen LogP contribution in [-0.4, -0.2) is 16.9 Å². The molecule has 0 spiro atoms. The van der Waals surface area contributed by atoms with E-state index in [1.807, 2.05) is 24.3 Å². The van der Waals surface area contributed by atoms with E-state index in [4.69, 9.17) is 10.2 Å². The van der Waals surface area contributed by atoms with Crippen molar-refractivity contribution in [1.82, 2.24) is 4.98 Å². The zero-order valence-corrected chi connectivity index (χ0v) is 11.5. The molecule has 2 rings (SSSR count). The molecule has 2 aromatic rings. The molecule has 1 atom stereocenters. The summed E-state index contributed by atoms with van der Waals surface area (Å²) < 4.78 is 5.21. The monoisotopic (exact) mass is 273 g/mol. The number of carbonyl (C=O) groups is 1. The van der Waals surface area contributed by atoms with Gasteiger partial charge in [0.1, 0.15) is 0 Å². The summed E-state index contributed by atoms with van der Waals surface area (Å²) in [6.45, 7) is 2.06. The van der Waals surface area contributed by atoms with E-state index in [2.05, 4.69) is 17.2 Å². The Hall–Kier alpha value is -2.14. The lowest BCUT2D eigenvalue weighted by Gasteiger charge is -2.10. The highest BCUT2D eigenvalue weighted by molar-refractivity contribution is 5.91. The third-order valence-electron chi connectivity index (χ3n) is 2.99. The molecule has 1 heterocycles. The van der Waals surface area contributed by atoms with E-state index >= 15 is 0 Å². The number of oxazole rings is 1. The lowest BCUT2D eigenvalue weighted by Crippen LogP contribution is -2.26. The third kappa shape index (κ3) is 3.93. The van der Waals surface area contributed by atoms with E-state index in [0.717, 1.165) is 24.1 Å². The summed E-state index contributed by atoms with van der Waals surface area (Å²) in [5, 5.41) is 2.84. The number of carbonyl (C=O) groups excluding carboxylic acids is 1. The van der Waals surface area contributed by atoms with Crippen molar-refractivity contribution in [3.63, 3.8) is 0 Å². The van der Waals surface area contributed by atoms with Gasteiger partial charge in [-0.25, -0.2) is 4.98 Å². The molecule has 1 aromatic heterocycles. The Morgan fingerprint density at radius 3 is 2.75 bits per heavy atom. The van der Waals surface area contributed by atoms with Gasteiger partial charge in [-0.05, 0) is 30.7 Å². The highest BCUT2D eigenvalue weighted by Crippen LogP contribution is 2.20. The van der Waals surface area contributed by atoms with E-state index in [0.29, 0.717) is 12.2 Å². The van der Waals surface area contributed by atoms with Gasteiger partial charge in [0, 0.05) is 23.7 Å². The molecular weight excluding hydrogens is 254 g/mol. The summed E-state index contributed by atoms with van der Waals surface area (Å²) in [5.41, 5.74) is 7.52. The Labute approximate surface area is 118 Å². The van der Waals surface area contributed by atoms with Gasteiger partial charge < -0.3 is 15.5 Å². The van der Waals surface area contributed by atoms with Gasteiger partial charge in [-0.3, -0.25) is 4.79 Å². The van der Waals surface area contributed by atoms with Gasteiger partial charge in [0.25, 0.3) is 0 Å². The number of rotatable bonds is 6. The lowest BCUT2D eigenvalue weighted by molar-refractivity contribution is -0.116. The number of hydrogen-bond acceptors (Lipinski definition) is 4. The van der Waals surface area contributed by atoms with Crippen LogP contribution in [0.25, 0.3) is 11.3 Å². The molecule has 0 saturated carbocycles. The first-order chi connectivity index (χ1) is 9.69. The molecule has 3 N–H and O–H groups in total. The predicted molar refractivity (Wildman–Crippen MR) is 78.1 cm³/mol. The summed E-state index contributed by atoms with van der Waals surface area (Å²) in [7, 11) is 0. The number of benzene rings is 1. The van der Waals surface area contributed by atoms with E-state index in [1.54, 1.807) is 6.20 Å². The number of nitrogens with zero attached hydrogens (tertiary/aromatic N) is 1. The maximum Gasteiger partial charge on any atom is 0.225 e. The van der Waals surface area contributed by atoms with Gasteiger partial charge >= 0.3 is 0 Å². The Balaban J connectivity index is 1.92. The summed E-state index contributed by atoms with van der Waals surface area (Å²) in [6, 6.07) is 7.35. The molecule has 0 aliphatic heterocycles. The molecule has 0 radical (unpaired) electrons. The minimum absolute atomic E-state index is 0.0571. The van der Waals surface area contributed by atoms with Crippen molar-refractivity contribution in [1.29, 1.82) is 0 Å². The average molecular weight is 273 g/mol. The highest BCUT2D eigenvalue weighted by Gasteiger charge is 2.09. The van der Waals surface area contributed by atoms with Gasteiger partial charge in [0.15, 0.2) is 12.2 Å². The SMILES string of the molecule is CCCC(N)CC(=O)Nc1ccc(-c2cnco2)cc1. The lowest BCUT2D eigenvalue weighted by atomic mass is 10.1. The number of aromatic nitrogens is 1. The fourth-order valence-electron chi connectivity index (χ4n) is 2.00. The Kier molecular flexibility index (Phi) is 4.90. The topological polar surface area (TPSA) is 81.2 Å². The second kappa shape index (κ2) is 6.86. The van der Waals surface area contributed by atoms with E-state index in [-0.39, 0.29) is 11.9 Å². The first-order valence-corrected chi connectivity index (χ1v) is 6.73. The quantitative estimate of drug-likeness (QED) is 0.848. The first kappa shape index (κ1) is 14.3. The van der Waals surface area contributed by atoms with E-state index in [1.165, 1.54) is 6.39 Å². The second-order valence-corrected chi connectivity index (χ2v) is 4.74. The average Bonchev–Trinajstić information content (AvgIpc) is 2.93. The molecule has 106 valence electrons. The molecule has 1 amide bonds. The molecule has 5 heteroatoms. The molecule has 1 unspecified atom stereocenters. The summed E-state index contributed by atoms with van der Waals surface area (Å²) in [5.74, 6) is 0.645. The Morgan fingerprint density at radius 1 is 1.40 bits per heavy atom. The standard InChI is InChI=1S/C15H19N3O2/c1-2-3-12(16)8-15(19)18-13-6-4-11(5-7-13)14-9-17-10-20-14/h4-7,9-10,12H,2-3,8,16H2,1H3,(H,18,19). The van der Waals surface area contributed by atoms with Gasteiger partial charge in [-0.2, -0.15) is 0 Å². The van der Waals surface area contributed by atoms with Crippen LogP contribution in [0.2, 0.25) is 0 Å². The summed E-state index contributed by atoms with van der Waals surface area (Å²) >= 11 is 0. The molecule has 0 aliphatic carbocycles. The number of nitrogens with one attached hydrogen (secondary N) is 1. The molecule has 20 heavy (non-hydrogen) atoms. The molecular formula is C15H19N3O2. The van der Waals surface area contributed by atoms with Crippen LogP contribution >= 0.6 is 0 Å². The van der Waals surface area contributed by atoms with Crippen molar-refractivity contribution in [2.75, 3.05) is 5.32 Å². The van der Waals surface area contributed by atoms with Crippen LogP contribution in [0.3, 0.4) is 0 Å². The zero-order chi connectivity index (χ0) is 14.4. The zero-order valence-electron chi connectivity index (χ0n) is 11.5. The smallest absolute Gasteiger partial charge is 0.225 e. The molecule has 5 nitrogen and oxygen atoms in total. The Bertz CT molecular complexity index is 535. The maximum absolute atomic E-state index is 11.8. The second-order valence-electron chi connectivity index (χ2n) is 4.74. The van der Waals surface area contributed by atoms with Crippen LogP contribution in [0, 0.1) is 0 Å². The first-order valence-electron chi connectivity index (χ1n) is 6.73. The maximum atomic E-state index is 11.8. The van der Waals surface area contributed by atoms with Gasteiger partial charge in [0.2, 0.25) is 5.91 Å². The van der Waals surface area contributed by atoms with Crippen molar-refractivity contribution in [2.45, 2.75) is 32.2 Å². The largest absolute Gasteiger partial charge is 0.444 e. The number of nitrogens with two attached hydrogens (primary N) is 1. The molecule has 0 fully saturated rings. The normalized spacial score (nSPS) is 12.1. The van der Waals surface area contributed by atoms with Crippen LogP contribution in [0.4, 0.5) is 5.69 Å². The van der Waals surface area contributed by atoms with E-state index < -0.39 is 0 Å². The van der Waals surface area contributed by atoms with Crippen molar-refractivity contribution in [2.24, 2.45) is 5.73 Å². The van der Waals surface area contributed by atoms with Crippen LogP contribution < -0.4 is 11.1 Å². The molecule has 0 saturated heterocycles. The fraction of sp³-hybridized carbons (Fsp3) is 0.333. The number of amides is 1. The van der Waals surface area contributed by atoms with Crippen LogP contribution in [0.5, 0.6) is 0 Å². The van der Waals surface area contributed by atoms with Crippen LogP contribution in [0.1, 0.15) is 26.2 Å². The van der Waals surface area contributed by atoms with Crippen molar-refractivity contribution >= 4 is 11.6 Å². The number of anilines is 1. The fourth-order valence-corrected chi connectivity index (χ4v) is 2.00. The van der Waals surface area contributed by atoms with E-state index in [9.17, 15) is 4.79 Å². The molecule has 1 aromatic carbocycles. The van der Waals surface area contributed by atoms with Gasteiger partial charge in [-0.1, -0.05) is 13.3 Å². The highest BCUT2D eigenvalue weighted by atomic mass is 16.3. The molecule has 0 aliphatic rings. The molecule has 0 bridgehead atoms. The minimum atomic E-state index is -0.0755. The van der Waals surface area contributed by atoms with Crippen molar-refractivity contribution < 1.29 is 9.21 Å². The van der Waals surface area contributed by atoms with Crippen molar-refractivity contribution in [3.05, 3.63) is 36.9 Å². The van der Waals surface area contributed by atoms with Crippen molar-refractivity contribution in [3.8, 4) is 11.3 Å². The summed E-state index contributed by atoms with van der Waals surface area (Å²) in [6.07, 6.45) is 5.23. The minimum Gasteiger partial charge on any atom is -0.444 e. The Morgan fingerprint density at radius 2 is 2.15 bits per heavy atom. The summed E-state index contributed by atoms with van der Waals surface area (Å²) in [4.78, 5) is 15.7. The third-order valence-corrected chi connectivity index (χ3v) is 2.99. The number of hydrogen-bond donors (Lipinski definition) is 2. The van der Waals surface area contributed by atoms with Gasteiger partial charge in [0.05, 0.1) is 6.20 Å². The van der Waals surface area contributed by atoms with Crippen LogP contribution in [-0.2, 0) is 4.79 Å². The predicted octanol–water partition coefficient (Wildman–Crippen LogP) is 2.80. The van der Waals surface area contributed by atoms with Gasteiger partial charge in [-0.15, -0.1) is 0 Å². The van der Waals surface area contributed by atoms with Crippen LogP contribution in [0.15, 0.2) is 41.3 Å².